The molecule has 0 fully saturated rings. The standard InChI is InChI=1S/C20H31N3/c1-6-19(12-15(2)3)23-16(4)14-22-17(5)20(21)13-18-10-8-7-9-11-18/h6-11,15,19-20,22-23H,1,4-5,12-14,21H2,2-3H3. The molecule has 0 bridgehead atoms. The van der Waals surface area contributed by atoms with E-state index in [0.717, 1.165) is 24.2 Å². The molecule has 0 amide bonds. The van der Waals surface area contributed by atoms with Crippen molar-refractivity contribution < 1.29 is 0 Å². The molecule has 23 heavy (non-hydrogen) atoms. The molecule has 0 radical (unpaired) electrons. The van der Waals surface area contributed by atoms with Crippen LogP contribution in [0.1, 0.15) is 25.8 Å². The molecule has 2 unspecified atom stereocenters. The van der Waals surface area contributed by atoms with Crippen LogP contribution in [-0.2, 0) is 6.42 Å². The lowest BCUT2D eigenvalue weighted by atomic mass is 10.0. The number of rotatable bonds is 11. The van der Waals surface area contributed by atoms with E-state index in [0.29, 0.717) is 12.5 Å². The fourth-order valence-corrected chi connectivity index (χ4v) is 2.38. The van der Waals surface area contributed by atoms with Gasteiger partial charge in [0.2, 0.25) is 0 Å². The third-order valence-corrected chi connectivity index (χ3v) is 3.67. The molecule has 3 nitrogen and oxygen atoms in total. The van der Waals surface area contributed by atoms with Crippen LogP contribution in [0.5, 0.6) is 0 Å². The van der Waals surface area contributed by atoms with Crippen molar-refractivity contribution in [2.45, 2.75) is 38.8 Å². The molecule has 3 heteroatoms. The van der Waals surface area contributed by atoms with Crippen molar-refractivity contribution in [2.75, 3.05) is 6.54 Å². The van der Waals surface area contributed by atoms with Crippen LogP contribution in [0.4, 0.5) is 0 Å². The second-order valence-electron chi connectivity index (χ2n) is 6.39. The van der Waals surface area contributed by atoms with Gasteiger partial charge < -0.3 is 16.4 Å². The van der Waals surface area contributed by atoms with Crippen molar-refractivity contribution in [1.29, 1.82) is 0 Å². The summed E-state index contributed by atoms with van der Waals surface area (Å²) in [5, 5.41) is 6.65. The van der Waals surface area contributed by atoms with Crippen LogP contribution >= 0.6 is 0 Å². The highest BCUT2D eigenvalue weighted by molar-refractivity contribution is 5.19. The SMILES string of the molecule is C=CC(CC(C)C)NC(=C)CNC(=C)C(N)Cc1ccccc1. The summed E-state index contributed by atoms with van der Waals surface area (Å²) in [5.41, 5.74) is 9.16. The van der Waals surface area contributed by atoms with Crippen molar-refractivity contribution in [3.8, 4) is 0 Å². The Labute approximate surface area is 141 Å². The van der Waals surface area contributed by atoms with E-state index in [4.69, 9.17) is 5.73 Å². The Kier molecular flexibility index (Phi) is 8.20. The van der Waals surface area contributed by atoms with E-state index in [1.54, 1.807) is 0 Å². The minimum absolute atomic E-state index is 0.115. The average molecular weight is 313 g/mol. The van der Waals surface area contributed by atoms with Crippen molar-refractivity contribution in [3.05, 3.63) is 73.1 Å². The van der Waals surface area contributed by atoms with E-state index in [1.165, 1.54) is 5.56 Å². The first-order valence-electron chi connectivity index (χ1n) is 8.21. The predicted molar refractivity (Wildman–Crippen MR) is 101 cm³/mol. The monoisotopic (exact) mass is 313 g/mol. The van der Waals surface area contributed by atoms with E-state index in [9.17, 15) is 0 Å². The van der Waals surface area contributed by atoms with E-state index in [2.05, 4.69) is 56.4 Å². The summed E-state index contributed by atoms with van der Waals surface area (Å²) in [4.78, 5) is 0. The summed E-state index contributed by atoms with van der Waals surface area (Å²) in [5.74, 6) is 0.612. The molecule has 0 aromatic heterocycles. The van der Waals surface area contributed by atoms with Gasteiger partial charge in [0.1, 0.15) is 0 Å². The molecular formula is C20H31N3. The van der Waals surface area contributed by atoms with E-state index < -0.39 is 0 Å². The fraction of sp³-hybridized carbons (Fsp3) is 0.400. The van der Waals surface area contributed by atoms with Gasteiger partial charge in [0.25, 0.3) is 0 Å². The van der Waals surface area contributed by atoms with Gasteiger partial charge in [-0.3, -0.25) is 0 Å². The number of hydrogen-bond acceptors (Lipinski definition) is 3. The van der Waals surface area contributed by atoms with Crippen molar-refractivity contribution in [1.82, 2.24) is 10.6 Å². The number of nitrogens with two attached hydrogens (primary N) is 1. The Morgan fingerprint density at radius 1 is 1.22 bits per heavy atom. The summed E-state index contributed by atoms with van der Waals surface area (Å²) in [6.45, 7) is 17.0. The molecule has 0 saturated heterocycles. The van der Waals surface area contributed by atoms with Crippen molar-refractivity contribution >= 4 is 0 Å². The van der Waals surface area contributed by atoms with Crippen LogP contribution < -0.4 is 16.4 Å². The molecule has 126 valence electrons. The summed E-state index contributed by atoms with van der Waals surface area (Å²) in [6.07, 6.45) is 3.74. The maximum Gasteiger partial charge on any atom is 0.0539 e. The zero-order chi connectivity index (χ0) is 17.2. The first kappa shape index (κ1) is 19.0. The fourth-order valence-electron chi connectivity index (χ4n) is 2.38. The maximum atomic E-state index is 6.20. The summed E-state index contributed by atoms with van der Waals surface area (Å²) in [6, 6.07) is 10.3. The van der Waals surface area contributed by atoms with Gasteiger partial charge in [0, 0.05) is 23.5 Å². The summed E-state index contributed by atoms with van der Waals surface area (Å²) < 4.78 is 0. The molecule has 2 atom stereocenters. The molecule has 0 aliphatic rings. The zero-order valence-corrected chi connectivity index (χ0v) is 14.5. The van der Waals surface area contributed by atoms with E-state index >= 15 is 0 Å². The lowest BCUT2D eigenvalue weighted by Crippen LogP contribution is -2.37. The molecule has 0 saturated carbocycles. The molecule has 0 aliphatic carbocycles. The van der Waals surface area contributed by atoms with Crippen LogP contribution in [0.15, 0.2) is 67.5 Å². The molecule has 0 heterocycles. The highest BCUT2D eigenvalue weighted by atomic mass is 15.0. The minimum atomic E-state index is -0.115. The Balaban J connectivity index is 2.36. The summed E-state index contributed by atoms with van der Waals surface area (Å²) >= 11 is 0. The van der Waals surface area contributed by atoms with Crippen LogP contribution in [-0.4, -0.2) is 18.6 Å². The average Bonchev–Trinajstić information content (AvgIpc) is 2.52. The second kappa shape index (κ2) is 9.90. The van der Waals surface area contributed by atoms with Gasteiger partial charge in [-0.05, 0) is 24.3 Å². The predicted octanol–water partition coefficient (Wildman–Crippen LogP) is 3.36. The molecule has 1 rings (SSSR count). The van der Waals surface area contributed by atoms with E-state index in [-0.39, 0.29) is 12.1 Å². The Bertz CT molecular complexity index is 505. The normalized spacial score (nSPS) is 13.2. The number of nitrogens with one attached hydrogen (secondary N) is 2. The first-order chi connectivity index (χ1) is 10.9. The summed E-state index contributed by atoms with van der Waals surface area (Å²) in [7, 11) is 0. The highest BCUT2D eigenvalue weighted by Gasteiger charge is 2.10. The van der Waals surface area contributed by atoms with Crippen LogP contribution in [0.2, 0.25) is 0 Å². The van der Waals surface area contributed by atoms with Gasteiger partial charge in [0.15, 0.2) is 0 Å². The van der Waals surface area contributed by atoms with Crippen LogP contribution in [0.25, 0.3) is 0 Å². The van der Waals surface area contributed by atoms with Gasteiger partial charge in [-0.1, -0.05) is 63.4 Å². The van der Waals surface area contributed by atoms with Gasteiger partial charge >= 0.3 is 0 Å². The largest absolute Gasteiger partial charge is 0.382 e. The third kappa shape index (κ3) is 7.71. The smallest absolute Gasteiger partial charge is 0.0539 e. The third-order valence-electron chi connectivity index (χ3n) is 3.67. The highest BCUT2D eigenvalue weighted by Crippen LogP contribution is 2.08. The number of hydrogen-bond donors (Lipinski definition) is 3. The van der Waals surface area contributed by atoms with Gasteiger partial charge in [0.05, 0.1) is 6.54 Å². The van der Waals surface area contributed by atoms with Crippen molar-refractivity contribution in [2.24, 2.45) is 11.7 Å². The maximum absolute atomic E-state index is 6.20. The molecule has 1 aromatic rings. The number of benzene rings is 1. The van der Waals surface area contributed by atoms with Gasteiger partial charge in [-0.15, -0.1) is 6.58 Å². The molecular weight excluding hydrogens is 282 g/mol. The topological polar surface area (TPSA) is 50.1 Å². The second-order valence-corrected chi connectivity index (χ2v) is 6.39. The molecule has 1 aromatic carbocycles. The Morgan fingerprint density at radius 3 is 2.43 bits per heavy atom. The quantitative estimate of drug-likeness (QED) is 0.549. The van der Waals surface area contributed by atoms with Gasteiger partial charge in [-0.2, -0.15) is 0 Å². The first-order valence-corrected chi connectivity index (χ1v) is 8.21. The van der Waals surface area contributed by atoms with E-state index in [1.807, 2.05) is 24.3 Å². The molecule has 0 spiro atoms. The Morgan fingerprint density at radius 2 is 1.87 bits per heavy atom. The minimum Gasteiger partial charge on any atom is -0.382 e. The molecule has 0 aliphatic heterocycles. The lowest BCUT2D eigenvalue weighted by Gasteiger charge is -2.22. The zero-order valence-electron chi connectivity index (χ0n) is 14.5. The van der Waals surface area contributed by atoms with Crippen LogP contribution in [0, 0.1) is 5.92 Å². The lowest BCUT2D eigenvalue weighted by molar-refractivity contribution is 0.497. The van der Waals surface area contributed by atoms with Gasteiger partial charge in [-0.25, -0.2) is 0 Å². The Hall–Kier alpha value is -2.00. The molecule has 4 N–H and O–H groups in total. The van der Waals surface area contributed by atoms with Crippen LogP contribution in [0.3, 0.4) is 0 Å². The van der Waals surface area contributed by atoms with Crippen molar-refractivity contribution in [3.63, 3.8) is 0 Å².